The van der Waals surface area contributed by atoms with Crippen LogP contribution in [0.25, 0.3) is 0 Å². The molecule has 0 radical (unpaired) electrons. The standard InChI is InChI=1S/C12H9BrO4/c1-15-8-4-2-3-5-9(8)17-12(14)10-6-7-11(13)16-10/h2-7H,1H3. The number of halogens is 1. The highest BCUT2D eigenvalue weighted by Crippen LogP contribution is 2.27. The van der Waals surface area contributed by atoms with Gasteiger partial charge in [0.1, 0.15) is 0 Å². The second-order valence-corrected chi connectivity index (χ2v) is 3.93. The fourth-order valence-electron chi connectivity index (χ4n) is 1.28. The maximum atomic E-state index is 11.7. The zero-order valence-corrected chi connectivity index (χ0v) is 10.6. The molecule has 0 amide bonds. The monoisotopic (exact) mass is 296 g/mol. The number of carbonyl (C=O) groups excluding carboxylic acids is 1. The van der Waals surface area contributed by atoms with Gasteiger partial charge in [-0.15, -0.1) is 0 Å². The Hall–Kier alpha value is -1.75. The molecule has 4 nitrogen and oxygen atoms in total. The van der Waals surface area contributed by atoms with E-state index >= 15 is 0 Å². The molecule has 1 aromatic carbocycles. The lowest BCUT2D eigenvalue weighted by Crippen LogP contribution is -2.07. The SMILES string of the molecule is COc1ccccc1OC(=O)c1ccc(Br)o1. The number of hydrogen-bond acceptors (Lipinski definition) is 4. The zero-order chi connectivity index (χ0) is 12.3. The van der Waals surface area contributed by atoms with Crippen LogP contribution in [0.2, 0.25) is 0 Å². The van der Waals surface area contributed by atoms with Crippen molar-refractivity contribution in [3.8, 4) is 11.5 Å². The molecule has 5 heteroatoms. The van der Waals surface area contributed by atoms with Crippen molar-refractivity contribution in [2.75, 3.05) is 7.11 Å². The summed E-state index contributed by atoms with van der Waals surface area (Å²) in [5.74, 6) is 0.405. The maximum Gasteiger partial charge on any atom is 0.379 e. The Kier molecular flexibility index (Phi) is 3.49. The minimum Gasteiger partial charge on any atom is -0.493 e. The molecule has 2 aromatic rings. The van der Waals surface area contributed by atoms with Crippen LogP contribution in [0.15, 0.2) is 45.5 Å². The van der Waals surface area contributed by atoms with Gasteiger partial charge in [0.2, 0.25) is 5.76 Å². The number of rotatable bonds is 3. The first-order chi connectivity index (χ1) is 8.20. The summed E-state index contributed by atoms with van der Waals surface area (Å²) in [4.78, 5) is 11.7. The van der Waals surface area contributed by atoms with Crippen molar-refractivity contribution >= 4 is 21.9 Å². The Labute approximate surface area is 106 Å². The van der Waals surface area contributed by atoms with Gasteiger partial charge in [-0.2, -0.15) is 0 Å². The number of esters is 1. The molecule has 0 saturated heterocycles. The zero-order valence-electron chi connectivity index (χ0n) is 8.98. The van der Waals surface area contributed by atoms with Crippen molar-refractivity contribution < 1.29 is 18.7 Å². The van der Waals surface area contributed by atoms with E-state index in [-0.39, 0.29) is 5.76 Å². The van der Waals surface area contributed by atoms with E-state index < -0.39 is 5.97 Å². The van der Waals surface area contributed by atoms with Crippen LogP contribution in [0, 0.1) is 0 Å². The lowest BCUT2D eigenvalue weighted by molar-refractivity contribution is 0.0695. The molecule has 0 bridgehead atoms. The number of hydrogen-bond donors (Lipinski definition) is 0. The smallest absolute Gasteiger partial charge is 0.379 e. The molecule has 1 aromatic heterocycles. The lowest BCUT2D eigenvalue weighted by Gasteiger charge is -2.07. The largest absolute Gasteiger partial charge is 0.493 e. The van der Waals surface area contributed by atoms with E-state index in [4.69, 9.17) is 13.9 Å². The lowest BCUT2D eigenvalue weighted by atomic mass is 10.3. The summed E-state index contributed by atoms with van der Waals surface area (Å²) in [6.07, 6.45) is 0. The van der Waals surface area contributed by atoms with E-state index in [0.717, 1.165) is 0 Å². The topological polar surface area (TPSA) is 48.7 Å². The van der Waals surface area contributed by atoms with Crippen molar-refractivity contribution in [1.82, 2.24) is 0 Å². The molecular formula is C12H9BrO4. The summed E-state index contributed by atoms with van der Waals surface area (Å²) < 4.78 is 15.8. The third-order valence-electron chi connectivity index (χ3n) is 2.05. The number of furan rings is 1. The predicted molar refractivity (Wildman–Crippen MR) is 64.4 cm³/mol. The normalized spacial score (nSPS) is 10.0. The van der Waals surface area contributed by atoms with Crippen molar-refractivity contribution in [1.29, 1.82) is 0 Å². The van der Waals surface area contributed by atoms with Gasteiger partial charge in [-0.1, -0.05) is 12.1 Å². The van der Waals surface area contributed by atoms with Gasteiger partial charge in [0.05, 0.1) is 7.11 Å². The van der Waals surface area contributed by atoms with Crippen LogP contribution in [0.5, 0.6) is 11.5 Å². The number of benzene rings is 1. The molecule has 0 N–H and O–H groups in total. The molecule has 0 aliphatic carbocycles. The Balaban J connectivity index is 2.18. The third kappa shape index (κ3) is 2.68. The summed E-state index contributed by atoms with van der Waals surface area (Å²) in [5.41, 5.74) is 0. The number of ether oxygens (including phenoxy) is 2. The van der Waals surface area contributed by atoms with Gasteiger partial charge in [0.15, 0.2) is 16.2 Å². The van der Waals surface area contributed by atoms with Gasteiger partial charge in [0, 0.05) is 0 Å². The van der Waals surface area contributed by atoms with E-state index in [0.29, 0.717) is 16.2 Å². The molecular weight excluding hydrogens is 288 g/mol. The molecule has 88 valence electrons. The molecule has 2 rings (SSSR count). The Morgan fingerprint density at radius 1 is 1.18 bits per heavy atom. The molecule has 0 aliphatic rings. The molecule has 0 fully saturated rings. The summed E-state index contributed by atoms with van der Waals surface area (Å²) in [5, 5.41) is 0. The van der Waals surface area contributed by atoms with Crippen molar-refractivity contribution in [3.05, 3.63) is 46.8 Å². The van der Waals surface area contributed by atoms with Gasteiger partial charge < -0.3 is 13.9 Å². The summed E-state index contributed by atoms with van der Waals surface area (Å²) >= 11 is 3.11. The molecule has 0 saturated carbocycles. The first kappa shape index (κ1) is 11.7. The molecule has 0 spiro atoms. The van der Waals surface area contributed by atoms with Gasteiger partial charge in [0.25, 0.3) is 0 Å². The molecule has 0 atom stereocenters. The average molecular weight is 297 g/mol. The summed E-state index contributed by atoms with van der Waals surface area (Å²) in [7, 11) is 1.51. The second-order valence-electron chi connectivity index (χ2n) is 3.14. The first-order valence-corrected chi connectivity index (χ1v) is 5.60. The van der Waals surface area contributed by atoms with E-state index in [1.807, 2.05) is 0 Å². The van der Waals surface area contributed by atoms with Gasteiger partial charge in [-0.3, -0.25) is 0 Å². The minimum atomic E-state index is -0.569. The van der Waals surface area contributed by atoms with Crippen LogP contribution in [0.4, 0.5) is 0 Å². The van der Waals surface area contributed by atoms with E-state index in [9.17, 15) is 4.79 Å². The Morgan fingerprint density at radius 2 is 1.88 bits per heavy atom. The van der Waals surface area contributed by atoms with Gasteiger partial charge >= 0.3 is 5.97 Å². The van der Waals surface area contributed by atoms with Gasteiger partial charge in [-0.25, -0.2) is 4.79 Å². The van der Waals surface area contributed by atoms with Gasteiger partial charge in [-0.05, 0) is 40.2 Å². The minimum absolute atomic E-state index is 0.128. The highest BCUT2D eigenvalue weighted by molar-refractivity contribution is 9.10. The summed E-state index contributed by atoms with van der Waals surface area (Å²) in [6, 6.07) is 10.1. The first-order valence-electron chi connectivity index (χ1n) is 4.81. The molecule has 1 heterocycles. The number of para-hydroxylation sites is 2. The van der Waals surface area contributed by atoms with E-state index in [1.165, 1.54) is 13.2 Å². The number of carbonyl (C=O) groups is 1. The second kappa shape index (κ2) is 5.05. The van der Waals surface area contributed by atoms with Crippen LogP contribution in [0.3, 0.4) is 0 Å². The Morgan fingerprint density at radius 3 is 2.47 bits per heavy atom. The molecule has 0 unspecified atom stereocenters. The van der Waals surface area contributed by atoms with Crippen molar-refractivity contribution in [2.24, 2.45) is 0 Å². The van der Waals surface area contributed by atoms with E-state index in [1.54, 1.807) is 30.3 Å². The highest BCUT2D eigenvalue weighted by atomic mass is 79.9. The Bertz CT molecular complexity index is 533. The van der Waals surface area contributed by atoms with Crippen LogP contribution >= 0.6 is 15.9 Å². The van der Waals surface area contributed by atoms with Crippen LogP contribution in [0.1, 0.15) is 10.6 Å². The van der Waals surface area contributed by atoms with Crippen LogP contribution < -0.4 is 9.47 Å². The quantitative estimate of drug-likeness (QED) is 0.644. The van der Waals surface area contributed by atoms with Crippen molar-refractivity contribution in [3.63, 3.8) is 0 Å². The van der Waals surface area contributed by atoms with E-state index in [2.05, 4.69) is 15.9 Å². The predicted octanol–water partition coefficient (Wildman–Crippen LogP) is 3.27. The van der Waals surface area contributed by atoms with Crippen LogP contribution in [-0.2, 0) is 0 Å². The molecule has 0 aliphatic heterocycles. The number of methoxy groups -OCH3 is 1. The fraction of sp³-hybridized carbons (Fsp3) is 0.0833. The summed E-state index contributed by atoms with van der Waals surface area (Å²) in [6.45, 7) is 0. The van der Waals surface area contributed by atoms with Crippen molar-refractivity contribution in [2.45, 2.75) is 0 Å². The molecule has 17 heavy (non-hydrogen) atoms. The third-order valence-corrected chi connectivity index (χ3v) is 2.47. The average Bonchev–Trinajstić information content (AvgIpc) is 2.77. The maximum absolute atomic E-state index is 11.7. The highest BCUT2D eigenvalue weighted by Gasteiger charge is 2.15. The fourth-order valence-corrected chi connectivity index (χ4v) is 1.58. The van der Waals surface area contributed by atoms with Crippen LogP contribution in [-0.4, -0.2) is 13.1 Å².